The maximum atomic E-state index is 12.0. The quantitative estimate of drug-likeness (QED) is 0.790. The Balaban J connectivity index is 1.59. The number of hydrogen-bond acceptors (Lipinski definition) is 6. The molecule has 0 radical (unpaired) electrons. The first-order chi connectivity index (χ1) is 10.5. The van der Waals surface area contributed by atoms with Crippen molar-refractivity contribution >= 4 is 5.97 Å². The average Bonchev–Trinajstić information content (AvgIpc) is 2.96. The molecule has 0 aromatic heterocycles. The van der Waals surface area contributed by atoms with Crippen molar-refractivity contribution in [2.75, 3.05) is 13.7 Å². The number of fused-ring (bicyclic) bond motifs is 1. The number of carbonyl (C=O) groups is 1. The number of rotatable bonds is 4. The van der Waals surface area contributed by atoms with Gasteiger partial charge in [-0.1, -0.05) is 18.2 Å². The monoisotopic (exact) mass is 308 g/mol. The molecule has 2 saturated heterocycles. The molecule has 1 aromatic carbocycles. The van der Waals surface area contributed by atoms with Crippen molar-refractivity contribution in [2.45, 2.75) is 44.2 Å². The molecule has 2 heterocycles. The van der Waals surface area contributed by atoms with Crippen molar-refractivity contribution in [1.82, 2.24) is 0 Å². The highest BCUT2D eigenvalue weighted by Crippen LogP contribution is 2.38. The number of ether oxygens (including phenoxy) is 5. The third-order valence-corrected chi connectivity index (χ3v) is 3.75. The highest BCUT2D eigenvalue weighted by Gasteiger charge is 2.55. The molecule has 4 atom stereocenters. The summed E-state index contributed by atoms with van der Waals surface area (Å²) in [5, 5.41) is 0. The standard InChI is InChI=1S/C16H20O6/c1-16(2)21-13-12(18-3)11(20-15(13)22-16)9-19-14(17)10-7-5-4-6-8-10/h4-8,11-13,15H,9H2,1-3H3/t11-,12-,13+,15+/m0/s1. The van der Waals surface area contributed by atoms with Crippen LogP contribution in [-0.2, 0) is 23.7 Å². The van der Waals surface area contributed by atoms with E-state index in [4.69, 9.17) is 23.7 Å². The van der Waals surface area contributed by atoms with Crippen LogP contribution in [0, 0.1) is 0 Å². The smallest absolute Gasteiger partial charge is 0.338 e. The molecule has 0 saturated carbocycles. The SMILES string of the molecule is CO[C@@H]1[C@H]2OC(C)(C)O[C@H]2O[C@H]1COC(=O)c1ccccc1. The lowest BCUT2D eigenvalue weighted by Crippen LogP contribution is -2.38. The number of esters is 1. The van der Waals surface area contributed by atoms with Crippen molar-refractivity contribution in [2.24, 2.45) is 0 Å². The molecule has 0 unspecified atom stereocenters. The van der Waals surface area contributed by atoms with Gasteiger partial charge in [-0.3, -0.25) is 0 Å². The maximum absolute atomic E-state index is 12.0. The van der Waals surface area contributed by atoms with E-state index < -0.39 is 24.2 Å². The highest BCUT2D eigenvalue weighted by molar-refractivity contribution is 5.89. The molecule has 0 amide bonds. The van der Waals surface area contributed by atoms with Crippen LogP contribution in [0.3, 0.4) is 0 Å². The predicted molar refractivity (Wildman–Crippen MR) is 76.2 cm³/mol. The first-order valence-electron chi connectivity index (χ1n) is 7.26. The lowest BCUT2D eigenvalue weighted by molar-refractivity contribution is -0.220. The van der Waals surface area contributed by atoms with E-state index in [2.05, 4.69) is 0 Å². The van der Waals surface area contributed by atoms with Gasteiger partial charge in [-0.15, -0.1) is 0 Å². The zero-order chi connectivity index (χ0) is 15.7. The Kier molecular flexibility index (Phi) is 4.18. The Morgan fingerprint density at radius 3 is 2.64 bits per heavy atom. The molecule has 6 nitrogen and oxygen atoms in total. The fourth-order valence-corrected chi connectivity index (χ4v) is 2.78. The number of carbonyl (C=O) groups excluding carboxylic acids is 1. The molecular formula is C16H20O6. The zero-order valence-corrected chi connectivity index (χ0v) is 12.9. The Morgan fingerprint density at radius 2 is 1.95 bits per heavy atom. The van der Waals surface area contributed by atoms with E-state index in [1.165, 1.54) is 0 Å². The molecule has 2 fully saturated rings. The van der Waals surface area contributed by atoms with E-state index in [-0.39, 0.29) is 18.8 Å². The summed E-state index contributed by atoms with van der Waals surface area (Å²) >= 11 is 0. The molecule has 0 bridgehead atoms. The van der Waals surface area contributed by atoms with Gasteiger partial charge in [0, 0.05) is 7.11 Å². The third kappa shape index (κ3) is 3.01. The van der Waals surface area contributed by atoms with Gasteiger partial charge in [-0.2, -0.15) is 0 Å². The van der Waals surface area contributed by atoms with Gasteiger partial charge in [0.2, 0.25) is 0 Å². The van der Waals surface area contributed by atoms with E-state index >= 15 is 0 Å². The van der Waals surface area contributed by atoms with Gasteiger partial charge in [0.05, 0.1) is 5.56 Å². The van der Waals surface area contributed by atoms with E-state index in [1.54, 1.807) is 31.4 Å². The summed E-state index contributed by atoms with van der Waals surface area (Å²) in [6.07, 6.45) is -1.57. The second kappa shape index (κ2) is 5.96. The molecule has 2 aliphatic rings. The maximum Gasteiger partial charge on any atom is 0.338 e. The van der Waals surface area contributed by atoms with Gasteiger partial charge < -0.3 is 23.7 Å². The van der Waals surface area contributed by atoms with Gasteiger partial charge in [-0.05, 0) is 26.0 Å². The molecular weight excluding hydrogens is 288 g/mol. The van der Waals surface area contributed by atoms with Gasteiger partial charge >= 0.3 is 5.97 Å². The minimum Gasteiger partial charge on any atom is -0.459 e. The second-order valence-corrected chi connectivity index (χ2v) is 5.81. The first-order valence-corrected chi connectivity index (χ1v) is 7.26. The average molecular weight is 308 g/mol. The van der Waals surface area contributed by atoms with E-state index in [0.717, 1.165) is 0 Å². The topological polar surface area (TPSA) is 63.2 Å². The first kappa shape index (κ1) is 15.4. The Hall–Kier alpha value is -1.47. The van der Waals surface area contributed by atoms with Crippen LogP contribution in [-0.4, -0.2) is 50.1 Å². The minimum absolute atomic E-state index is 0.0897. The van der Waals surface area contributed by atoms with Crippen molar-refractivity contribution in [3.05, 3.63) is 35.9 Å². The van der Waals surface area contributed by atoms with Crippen molar-refractivity contribution in [3.8, 4) is 0 Å². The lowest BCUT2D eigenvalue weighted by atomic mass is 10.1. The summed E-state index contributed by atoms with van der Waals surface area (Å²) in [6, 6.07) is 8.82. The van der Waals surface area contributed by atoms with Crippen LogP contribution < -0.4 is 0 Å². The normalized spacial score (nSPS) is 32.7. The van der Waals surface area contributed by atoms with Crippen LogP contribution in [0.4, 0.5) is 0 Å². The molecule has 6 heteroatoms. The van der Waals surface area contributed by atoms with E-state index in [1.807, 2.05) is 19.9 Å². The molecule has 3 rings (SSSR count). The third-order valence-electron chi connectivity index (χ3n) is 3.75. The molecule has 0 aliphatic carbocycles. The predicted octanol–water partition coefficient (Wildman–Crippen LogP) is 1.73. The number of benzene rings is 1. The number of methoxy groups -OCH3 is 1. The summed E-state index contributed by atoms with van der Waals surface area (Å²) in [5.74, 6) is -1.09. The van der Waals surface area contributed by atoms with Crippen LogP contribution in [0.1, 0.15) is 24.2 Å². The highest BCUT2D eigenvalue weighted by atomic mass is 16.8. The molecule has 1 aromatic rings. The van der Waals surface area contributed by atoms with Gasteiger partial charge in [0.15, 0.2) is 12.1 Å². The summed E-state index contributed by atoms with van der Waals surface area (Å²) < 4.78 is 28.0. The van der Waals surface area contributed by atoms with Crippen molar-refractivity contribution in [3.63, 3.8) is 0 Å². The molecule has 0 N–H and O–H groups in total. The molecule has 22 heavy (non-hydrogen) atoms. The van der Waals surface area contributed by atoms with Crippen molar-refractivity contribution in [1.29, 1.82) is 0 Å². The zero-order valence-electron chi connectivity index (χ0n) is 12.9. The minimum atomic E-state index is -0.697. The van der Waals surface area contributed by atoms with Crippen LogP contribution in [0.5, 0.6) is 0 Å². The van der Waals surface area contributed by atoms with Gasteiger partial charge in [-0.25, -0.2) is 4.79 Å². The summed E-state index contributed by atoms with van der Waals surface area (Å²) in [4.78, 5) is 12.0. The van der Waals surface area contributed by atoms with Crippen LogP contribution in [0.25, 0.3) is 0 Å². The molecule has 120 valence electrons. The fourth-order valence-electron chi connectivity index (χ4n) is 2.78. The molecule has 2 aliphatic heterocycles. The lowest BCUT2D eigenvalue weighted by Gasteiger charge is -2.24. The molecule has 0 spiro atoms. The fraction of sp³-hybridized carbons (Fsp3) is 0.562. The Labute approximate surface area is 129 Å². The van der Waals surface area contributed by atoms with Crippen LogP contribution in [0.15, 0.2) is 30.3 Å². The Morgan fingerprint density at radius 1 is 1.23 bits per heavy atom. The van der Waals surface area contributed by atoms with Gasteiger partial charge in [0.25, 0.3) is 0 Å². The summed E-state index contributed by atoms with van der Waals surface area (Å²) in [6.45, 7) is 3.74. The largest absolute Gasteiger partial charge is 0.459 e. The van der Waals surface area contributed by atoms with E-state index in [0.29, 0.717) is 5.56 Å². The van der Waals surface area contributed by atoms with Crippen LogP contribution in [0.2, 0.25) is 0 Å². The van der Waals surface area contributed by atoms with Crippen molar-refractivity contribution < 1.29 is 28.5 Å². The summed E-state index contributed by atoms with van der Waals surface area (Å²) in [5.41, 5.74) is 0.503. The second-order valence-electron chi connectivity index (χ2n) is 5.81. The van der Waals surface area contributed by atoms with Crippen LogP contribution >= 0.6 is 0 Å². The van der Waals surface area contributed by atoms with E-state index in [9.17, 15) is 4.79 Å². The van der Waals surface area contributed by atoms with Gasteiger partial charge in [0.1, 0.15) is 24.9 Å². The number of hydrogen-bond donors (Lipinski definition) is 0. The summed E-state index contributed by atoms with van der Waals surface area (Å²) in [7, 11) is 1.58. The Bertz CT molecular complexity index is 529.